The van der Waals surface area contributed by atoms with E-state index in [-0.39, 0.29) is 66.8 Å². The monoisotopic (exact) mass is 887 g/mol. The van der Waals surface area contributed by atoms with Gasteiger partial charge in [-0.25, -0.2) is 4.79 Å². The van der Waals surface area contributed by atoms with E-state index in [0.717, 1.165) is 38.2 Å². The maximum atomic E-state index is 11.0. The zero-order chi connectivity index (χ0) is 46.4. The molecule has 358 valence electrons. The molecule has 0 aromatic carbocycles. The van der Waals surface area contributed by atoms with Crippen molar-refractivity contribution in [3.63, 3.8) is 0 Å². The first kappa shape index (κ1) is 53.1. The summed E-state index contributed by atoms with van der Waals surface area (Å²) in [6, 6.07) is 0. The van der Waals surface area contributed by atoms with Crippen molar-refractivity contribution in [3.05, 3.63) is 72.9 Å². The van der Waals surface area contributed by atoms with E-state index in [0.29, 0.717) is 38.5 Å². The minimum atomic E-state index is -0.970. The second-order valence-electron chi connectivity index (χ2n) is 20.2. The molecule has 4 aliphatic heterocycles. The van der Waals surface area contributed by atoms with Crippen molar-refractivity contribution in [1.29, 1.82) is 0 Å². The third-order valence-corrected chi connectivity index (χ3v) is 11.8. The Hall–Kier alpha value is -2.49. The highest BCUT2D eigenvalue weighted by molar-refractivity contribution is 5.80. The van der Waals surface area contributed by atoms with Crippen LogP contribution >= 0.6 is 0 Å². The van der Waals surface area contributed by atoms with E-state index in [2.05, 4.69) is 13.0 Å². The summed E-state index contributed by atoms with van der Waals surface area (Å²) in [5.74, 6) is -3.71. The number of aliphatic carboxylic acids is 1. The van der Waals surface area contributed by atoms with Gasteiger partial charge in [0.2, 0.25) is 0 Å². The normalized spacial score (nSPS) is 32.7. The van der Waals surface area contributed by atoms with Crippen LogP contribution in [0.5, 0.6) is 0 Å². The lowest BCUT2D eigenvalue weighted by molar-refractivity contribution is -0.339. The predicted octanol–water partition coefficient (Wildman–Crippen LogP) is 9.79. The smallest absolute Gasteiger partial charge is 0.328 e. The van der Waals surface area contributed by atoms with Crippen LogP contribution in [0.2, 0.25) is 0 Å². The Kier molecular flexibility index (Phi) is 20.5. The summed E-state index contributed by atoms with van der Waals surface area (Å²) in [6.07, 6.45) is 27.8. The quantitative estimate of drug-likeness (QED) is 0.0744. The van der Waals surface area contributed by atoms with E-state index in [1.807, 2.05) is 112 Å². The molecule has 0 spiro atoms. The standard InChI is InChI=1S/C51H82O12/c1-35(2)47(55)36(3)25-26-37(52)27-39-29-41(59-49(6,7)57-39)31-43-33-45(63-51(10,11)61-43)34-44-32-42(60-50(8,9)62-44)30-40-28-38(56-48(4,5)58-40)23-21-19-17-15-13-12-14-16-18-20-22-24-46(53)54/h12-22,24,35-45,47,52,55H,23,25-34H2,1-11H3,(H,53,54)/b13-12+,16-14+,17-15+,20-18+,21-19+,24-22+/t36-,37-,38-,39-,40+,41-,42-,43+,44-,45-,47-/m0/s1. The van der Waals surface area contributed by atoms with Crippen molar-refractivity contribution in [2.75, 3.05) is 0 Å². The van der Waals surface area contributed by atoms with E-state index in [1.54, 1.807) is 12.2 Å². The van der Waals surface area contributed by atoms with Crippen LogP contribution in [-0.2, 0) is 42.7 Å². The molecular formula is C51H82O12. The number of allylic oxidation sites excluding steroid dienone is 10. The molecule has 12 nitrogen and oxygen atoms in total. The summed E-state index contributed by atoms with van der Waals surface area (Å²) in [6.45, 7) is 21.9. The van der Waals surface area contributed by atoms with Crippen molar-refractivity contribution >= 4 is 5.97 Å². The predicted molar refractivity (Wildman–Crippen MR) is 245 cm³/mol. The molecule has 0 aromatic heterocycles. The van der Waals surface area contributed by atoms with Gasteiger partial charge >= 0.3 is 5.97 Å². The number of hydrogen-bond donors (Lipinski definition) is 3. The minimum Gasteiger partial charge on any atom is -0.478 e. The van der Waals surface area contributed by atoms with E-state index in [4.69, 9.17) is 43.0 Å². The van der Waals surface area contributed by atoms with Gasteiger partial charge in [-0.05, 0) is 92.9 Å². The molecule has 0 radical (unpaired) electrons. The number of carboxylic acids is 1. The van der Waals surface area contributed by atoms with Crippen molar-refractivity contribution in [2.24, 2.45) is 11.8 Å². The van der Waals surface area contributed by atoms with Gasteiger partial charge in [-0.15, -0.1) is 0 Å². The summed E-state index contributed by atoms with van der Waals surface area (Å²) >= 11 is 0. The summed E-state index contributed by atoms with van der Waals surface area (Å²) in [7, 11) is 0. The number of ether oxygens (including phenoxy) is 8. The van der Waals surface area contributed by atoms with Gasteiger partial charge in [-0.3, -0.25) is 0 Å². The fourth-order valence-electron chi connectivity index (χ4n) is 9.58. The van der Waals surface area contributed by atoms with Gasteiger partial charge in [0.05, 0.1) is 61.0 Å². The number of aliphatic hydroxyl groups is 2. The van der Waals surface area contributed by atoms with E-state index in [9.17, 15) is 15.0 Å². The van der Waals surface area contributed by atoms with Crippen LogP contribution in [0.25, 0.3) is 0 Å². The molecule has 3 N–H and O–H groups in total. The molecule has 12 heteroatoms. The van der Waals surface area contributed by atoms with Crippen LogP contribution in [0.4, 0.5) is 0 Å². The molecule has 0 amide bonds. The maximum Gasteiger partial charge on any atom is 0.328 e. The lowest BCUT2D eigenvalue weighted by Crippen LogP contribution is -2.52. The van der Waals surface area contributed by atoms with Gasteiger partial charge in [0.1, 0.15) is 0 Å². The molecule has 0 unspecified atom stereocenters. The fourth-order valence-corrected chi connectivity index (χ4v) is 9.58. The van der Waals surface area contributed by atoms with Crippen LogP contribution in [0.1, 0.15) is 147 Å². The molecule has 4 fully saturated rings. The van der Waals surface area contributed by atoms with Crippen molar-refractivity contribution < 1.29 is 58.0 Å². The van der Waals surface area contributed by atoms with Crippen LogP contribution in [0, 0.1) is 11.8 Å². The first-order valence-corrected chi connectivity index (χ1v) is 23.5. The van der Waals surface area contributed by atoms with Crippen LogP contribution in [-0.4, -0.2) is 105 Å². The van der Waals surface area contributed by atoms with Crippen LogP contribution < -0.4 is 0 Å². The van der Waals surface area contributed by atoms with E-state index < -0.39 is 35.2 Å². The number of carbonyl (C=O) groups is 1. The third kappa shape index (κ3) is 20.3. The average Bonchev–Trinajstić information content (AvgIpc) is 3.12. The highest BCUT2D eigenvalue weighted by atomic mass is 16.7. The molecule has 4 saturated heterocycles. The van der Waals surface area contributed by atoms with Crippen molar-refractivity contribution in [1.82, 2.24) is 0 Å². The Labute approximate surface area is 378 Å². The van der Waals surface area contributed by atoms with E-state index >= 15 is 0 Å². The molecule has 0 saturated carbocycles. The van der Waals surface area contributed by atoms with Gasteiger partial charge in [0.15, 0.2) is 23.1 Å². The van der Waals surface area contributed by atoms with Gasteiger partial charge in [0, 0.05) is 51.0 Å². The van der Waals surface area contributed by atoms with Gasteiger partial charge in [0.25, 0.3) is 0 Å². The number of aliphatic hydroxyl groups excluding tert-OH is 2. The third-order valence-electron chi connectivity index (χ3n) is 11.8. The molecule has 4 heterocycles. The molecule has 0 aliphatic carbocycles. The van der Waals surface area contributed by atoms with Crippen molar-refractivity contribution in [3.8, 4) is 0 Å². The largest absolute Gasteiger partial charge is 0.478 e. The molecule has 0 aromatic rings. The highest BCUT2D eigenvalue weighted by Gasteiger charge is 2.45. The lowest BCUT2D eigenvalue weighted by Gasteiger charge is -2.47. The first-order valence-electron chi connectivity index (χ1n) is 23.5. The van der Waals surface area contributed by atoms with Gasteiger partial charge < -0.3 is 53.2 Å². The molecule has 0 bridgehead atoms. The summed E-state index contributed by atoms with van der Waals surface area (Å²) in [4.78, 5) is 10.5. The molecule has 11 atom stereocenters. The second-order valence-corrected chi connectivity index (χ2v) is 20.2. The topological polar surface area (TPSA) is 152 Å². The Morgan fingerprint density at radius 1 is 0.508 bits per heavy atom. The van der Waals surface area contributed by atoms with E-state index in [1.165, 1.54) is 6.08 Å². The van der Waals surface area contributed by atoms with Gasteiger partial charge in [-0.2, -0.15) is 0 Å². The fraction of sp³-hybridized carbons (Fsp3) is 0.745. The molecule has 4 aliphatic rings. The zero-order valence-electron chi connectivity index (χ0n) is 40.2. The second kappa shape index (κ2) is 24.3. The SMILES string of the molecule is CC(C)[C@H](O)[C@@H](C)CC[C@H](O)C[C@H]1C[C@@H](C[C@@H]2C[C@@H](C[C@@H]3C[C@H](C[C@H]4C[C@H](C/C=C/C=C/C=C/C=C/C=C/C=C/C(=O)O)OC(C)(C)O4)OC(C)(C)O3)OC(C)(C)O2)OC(C)(C)O1. The number of carboxylic acid groups (broad SMARTS) is 1. The molecular weight excluding hydrogens is 805 g/mol. The minimum absolute atomic E-state index is 0.00583. The Bertz CT molecular complexity index is 1570. The Morgan fingerprint density at radius 3 is 1.24 bits per heavy atom. The summed E-state index contributed by atoms with van der Waals surface area (Å²) in [5.41, 5.74) is 0. The van der Waals surface area contributed by atoms with Crippen molar-refractivity contribution in [2.45, 2.75) is 231 Å². The maximum absolute atomic E-state index is 11.0. The Balaban J connectivity index is 1.28. The number of hydrogen-bond acceptors (Lipinski definition) is 11. The summed E-state index contributed by atoms with van der Waals surface area (Å²) in [5, 5.41) is 30.1. The van der Waals surface area contributed by atoms with Crippen LogP contribution in [0.3, 0.4) is 0 Å². The molecule has 4 rings (SSSR count). The lowest BCUT2D eigenvalue weighted by atomic mass is 9.89. The highest BCUT2D eigenvalue weighted by Crippen LogP contribution is 2.40. The van der Waals surface area contributed by atoms with Gasteiger partial charge in [-0.1, -0.05) is 87.6 Å². The molecule has 63 heavy (non-hydrogen) atoms. The zero-order valence-corrected chi connectivity index (χ0v) is 40.2. The Morgan fingerprint density at radius 2 is 0.841 bits per heavy atom. The number of rotatable bonds is 21. The average molecular weight is 887 g/mol. The summed E-state index contributed by atoms with van der Waals surface area (Å²) < 4.78 is 51.7. The first-order chi connectivity index (χ1) is 29.5. The van der Waals surface area contributed by atoms with Crippen LogP contribution in [0.15, 0.2) is 72.9 Å².